The SMILES string of the molecule is COc1cc2cc(S(=O)(=O)c3ccc(C)cc3)ccc2cc1O. The summed E-state index contributed by atoms with van der Waals surface area (Å²) in [7, 11) is -2.13. The molecular formula is C18H16O4S. The molecule has 3 aromatic rings. The number of aryl methyl sites for hydroxylation is 1. The van der Waals surface area contributed by atoms with Gasteiger partial charge >= 0.3 is 0 Å². The molecule has 0 saturated carbocycles. The van der Waals surface area contributed by atoms with E-state index in [1.165, 1.54) is 7.11 Å². The smallest absolute Gasteiger partial charge is 0.206 e. The van der Waals surface area contributed by atoms with Gasteiger partial charge in [0.25, 0.3) is 0 Å². The fourth-order valence-electron chi connectivity index (χ4n) is 2.43. The summed E-state index contributed by atoms with van der Waals surface area (Å²) in [4.78, 5) is 0.467. The zero-order valence-corrected chi connectivity index (χ0v) is 13.6. The number of rotatable bonds is 3. The third-order valence-electron chi connectivity index (χ3n) is 3.75. The van der Waals surface area contributed by atoms with Crippen LogP contribution in [0.2, 0.25) is 0 Å². The number of benzene rings is 3. The molecule has 0 aromatic heterocycles. The molecule has 0 heterocycles. The molecular weight excluding hydrogens is 312 g/mol. The maximum Gasteiger partial charge on any atom is 0.206 e. The topological polar surface area (TPSA) is 63.6 Å². The Hall–Kier alpha value is -2.53. The molecule has 3 rings (SSSR count). The Morgan fingerprint density at radius 1 is 0.870 bits per heavy atom. The van der Waals surface area contributed by atoms with E-state index in [-0.39, 0.29) is 15.5 Å². The molecule has 5 heteroatoms. The van der Waals surface area contributed by atoms with E-state index >= 15 is 0 Å². The number of ether oxygens (including phenoxy) is 1. The van der Waals surface area contributed by atoms with Crippen LogP contribution in [0.3, 0.4) is 0 Å². The van der Waals surface area contributed by atoms with Crippen LogP contribution in [0.1, 0.15) is 5.56 Å². The lowest BCUT2D eigenvalue weighted by atomic mass is 10.1. The van der Waals surface area contributed by atoms with Crippen LogP contribution in [-0.4, -0.2) is 20.6 Å². The highest BCUT2D eigenvalue weighted by atomic mass is 32.2. The Balaban J connectivity index is 2.16. The lowest BCUT2D eigenvalue weighted by Gasteiger charge is -2.09. The lowest BCUT2D eigenvalue weighted by molar-refractivity contribution is 0.374. The van der Waals surface area contributed by atoms with E-state index in [4.69, 9.17) is 4.74 Å². The monoisotopic (exact) mass is 328 g/mol. The molecule has 0 saturated heterocycles. The molecule has 0 fully saturated rings. The minimum absolute atomic E-state index is 0.0224. The maximum atomic E-state index is 12.7. The van der Waals surface area contributed by atoms with Crippen LogP contribution in [0, 0.1) is 6.92 Å². The van der Waals surface area contributed by atoms with Crippen LogP contribution in [0.15, 0.2) is 64.4 Å². The normalized spacial score (nSPS) is 11.6. The van der Waals surface area contributed by atoms with Gasteiger partial charge in [-0.2, -0.15) is 0 Å². The summed E-state index contributed by atoms with van der Waals surface area (Å²) in [5.74, 6) is 0.330. The van der Waals surface area contributed by atoms with Gasteiger partial charge in [0.1, 0.15) is 0 Å². The molecule has 0 amide bonds. The Morgan fingerprint density at radius 3 is 2.17 bits per heavy atom. The Bertz CT molecular complexity index is 974. The molecule has 0 aliphatic rings. The van der Waals surface area contributed by atoms with Crippen LogP contribution >= 0.6 is 0 Å². The predicted octanol–water partition coefficient (Wildman–Crippen LogP) is 3.70. The first kappa shape index (κ1) is 15.4. The number of hydrogen-bond donors (Lipinski definition) is 1. The summed E-state index contributed by atoms with van der Waals surface area (Å²) in [5, 5.41) is 11.2. The van der Waals surface area contributed by atoms with Crippen molar-refractivity contribution < 1.29 is 18.3 Å². The summed E-state index contributed by atoms with van der Waals surface area (Å²) in [6.07, 6.45) is 0. The van der Waals surface area contributed by atoms with E-state index < -0.39 is 9.84 Å². The van der Waals surface area contributed by atoms with E-state index in [2.05, 4.69) is 0 Å². The van der Waals surface area contributed by atoms with Gasteiger partial charge in [0.15, 0.2) is 11.5 Å². The summed E-state index contributed by atoms with van der Waals surface area (Å²) in [6.45, 7) is 1.91. The van der Waals surface area contributed by atoms with Crippen LogP contribution in [-0.2, 0) is 9.84 Å². The Morgan fingerprint density at radius 2 is 1.52 bits per heavy atom. The highest BCUT2D eigenvalue weighted by Crippen LogP contribution is 2.33. The molecule has 0 unspecified atom stereocenters. The first-order valence-electron chi connectivity index (χ1n) is 7.04. The second kappa shape index (κ2) is 5.59. The van der Waals surface area contributed by atoms with E-state index in [9.17, 15) is 13.5 Å². The first-order chi connectivity index (χ1) is 10.9. The van der Waals surface area contributed by atoms with Crippen LogP contribution in [0.5, 0.6) is 11.5 Å². The van der Waals surface area contributed by atoms with E-state index in [0.29, 0.717) is 11.1 Å². The molecule has 4 nitrogen and oxygen atoms in total. The van der Waals surface area contributed by atoms with Gasteiger partial charge in [-0.1, -0.05) is 23.8 Å². The van der Waals surface area contributed by atoms with Crippen molar-refractivity contribution in [3.63, 3.8) is 0 Å². The summed E-state index contributed by atoms with van der Waals surface area (Å²) in [6, 6.07) is 14.7. The van der Waals surface area contributed by atoms with E-state index in [0.717, 1.165) is 10.9 Å². The van der Waals surface area contributed by atoms with Crippen molar-refractivity contribution in [1.29, 1.82) is 0 Å². The number of phenols is 1. The van der Waals surface area contributed by atoms with Crippen molar-refractivity contribution in [3.8, 4) is 11.5 Å². The molecule has 0 aliphatic heterocycles. The quantitative estimate of drug-likeness (QED) is 0.796. The molecule has 0 bridgehead atoms. The van der Waals surface area contributed by atoms with E-state index in [1.807, 2.05) is 6.92 Å². The van der Waals surface area contributed by atoms with Gasteiger partial charge in [0.2, 0.25) is 9.84 Å². The van der Waals surface area contributed by atoms with Crippen molar-refractivity contribution in [3.05, 3.63) is 60.2 Å². The number of methoxy groups -OCH3 is 1. The van der Waals surface area contributed by atoms with Crippen molar-refractivity contribution >= 4 is 20.6 Å². The van der Waals surface area contributed by atoms with Gasteiger partial charge in [-0.25, -0.2) is 8.42 Å². The third-order valence-corrected chi connectivity index (χ3v) is 5.52. The highest BCUT2D eigenvalue weighted by Gasteiger charge is 2.18. The van der Waals surface area contributed by atoms with Crippen molar-refractivity contribution in [2.24, 2.45) is 0 Å². The zero-order chi connectivity index (χ0) is 16.6. The second-order valence-corrected chi connectivity index (χ2v) is 7.30. The maximum absolute atomic E-state index is 12.7. The minimum atomic E-state index is -3.58. The fourth-order valence-corrected chi connectivity index (χ4v) is 3.72. The molecule has 0 spiro atoms. The van der Waals surface area contributed by atoms with Crippen LogP contribution in [0.4, 0.5) is 0 Å². The molecule has 118 valence electrons. The van der Waals surface area contributed by atoms with Gasteiger partial charge < -0.3 is 9.84 Å². The number of sulfone groups is 1. The molecule has 3 aromatic carbocycles. The highest BCUT2D eigenvalue weighted by molar-refractivity contribution is 7.91. The molecule has 0 aliphatic carbocycles. The summed E-state index contributed by atoms with van der Waals surface area (Å²) in [5.41, 5.74) is 1.00. The largest absolute Gasteiger partial charge is 0.504 e. The number of aromatic hydroxyl groups is 1. The minimum Gasteiger partial charge on any atom is -0.504 e. The van der Waals surface area contributed by atoms with Crippen molar-refractivity contribution in [1.82, 2.24) is 0 Å². The van der Waals surface area contributed by atoms with Crippen LogP contribution in [0.25, 0.3) is 10.8 Å². The van der Waals surface area contributed by atoms with Gasteiger partial charge in [-0.3, -0.25) is 0 Å². The standard InChI is InChI=1S/C18H16O4S/c1-12-3-6-15(7-4-12)23(20,21)16-8-5-13-10-17(19)18(22-2)11-14(13)9-16/h3-11,19H,1-2H3. The second-order valence-electron chi connectivity index (χ2n) is 5.35. The fraction of sp³-hybridized carbons (Fsp3) is 0.111. The summed E-state index contributed by atoms with van der Waals surface area (Å²) < 4.78 is 30.5. The van der Waals surface area contributed by atoms with Gasteiger partial charge in [0, 0.05) is 0 Å². The number of phenolic OH excluding ortho intramolecular Hbond substituents is 1. The average molecular weight is 328 g/mol. The van der Waals surface area contributed by atoms with Gasteiger partial charge in [-0.15, -0.1) is 0 Å². The zero-order valence-electron chi connectivity index (χ0n) is 12.8. The third kappa shape index (κ3) is 2.75. The van der Waals surface area contributed by atoms with Gasteiger partial charge in [-0.05, 0) is 54.1 Å². The lowest BCUT2D eigenvalue weighted by Crippen LogP contribution is -2.01. The molecule has 1 N–H and O–H groups in total. The molecule has 0 atom stereocenters. The predicted molar refractivity (Wildman–Crippen MR) is 88.8 cm³/mol. The van der Waals surface area contributed by atoms with Crippen molar-refractivity contribution in [2.75, 3.05) is 7.11 Å². The number of hydrogen-bond acceptors (Lipinski definition) is 4. The Kier molecular flexibility index (Phi) is 3.74. The molecule has 23 heavy (non-hydrogen) atoms. The number of fused-ring (bicyclic) bond motifs is 1. The van der Waals surface area contributed by atoms with Crippen molar-refractivity contribution in [2.45, 2.75) is 16.7 Å². The molecule has 0 radical (unpaired) electrons. The average Bonchev–Trinajstić information content (AvgIpc) is 2.54. The summed E-state index contributed by atoms with van der Waals surface area (Å²) >= 11 is 0. The van der Waals surface area contributed by atoms with Gasteiger partial charge in [0.05, 0.1) is 16.9 Å². The Labute approximate surface area is 134 Å². The van der Waals surface area contributed by atoms with E-state index in [1.54, 1.807) is 54.6 Å². The van der Waals surface area contributed by atoms with Crippen LogP contribution < -0.4 is 4.74 Å². The first-order valence-corrected chi connectivity index (χ1v) is 8.52.